The minimum absolute atomic E-state index is 0.737. The third-order valence-corrected chi connectivity index (χ3v) is 3.03. The van der Waals surface area contributed by atoms with Gasteiger partial charge in [0.15, 0.2) is 0 Å². The lowest BCUT2D eigenvalue weighted by Gasteiger charge is -2.06. The number of hydrogen-bond donors (Lipinski definition) is 1. The van der Waals surface area contributed by atoms with E-state index < -0.39 is 6.29 Å². The molecule has 0 saturated heterocycles. The lowest BCUT2D eigenvalue weighted by molar-refractivity contribution is -0.0836. The van der Waals surface area contributed by atoms with Gasteiger partial charge < -0.3 is 9.94 Å². The van der Waals surface area contributed by atoms with Crippen molar-refractivity contribution in [2.24, 2.45) is 5.16 Å². The molecule has 2 rings (SSSR count). The summed E-state index contributed by atoms with van der Waals surface area (Å²) in [7, 11) is 0. The minimum atomic E-state index is -0.892. The molecule has 0 fully saturated rings. The summed E-state index contributed by atoms with van der Waals surface area (Å²) in [6, 6.07) is 16.5. The third kappa shape index (κ3) is 3.68. The van der Waals surface area contributed by atoms with E-state index in [1.165, 1.54) is 18.1 Å². The molecule has 0 radical (unpaired) electrons. The molecule has 3 nitrogen and oxygen atoms in total. The molecule has 0 heterocycles. The average Bonchev–Trinajstić information content (AvgIpc) is 2.46. The van der Waals surface area contributed by atoms with Gasteiger partial charge >= 0.3 is 0 Å². The van der Waals surface area contributed by atoms with Crippen LogP contribution < -0.4 is 0 Å². The third-order valence-electron chi connectivity index (χ3n) is 3.03. The summed E-state index contributed by atoms with van der Waals surface area (Å²) in [5, 5.41) is 12.9. The van der Waals surface area contributed by atoms with Gasteiger partial charge in [-0.25, -0.2) is 0 Å². The predicted octanol–water partition coefficient (Wildman–Crippen LogP) is 3.74. The Labute approximate surface area is 119 Å². The molecule has 0 saturated carbocycles. The highest BCUT2D eigenvalue weighted by atomic mass is 16.7. The standard InChI is InChI=1S/C17H19NO2/c1-12-4-6-16(7-5-12)17-10-8-15(9-11-17)13(2)18-20-14(3)19/h4-11,14,19H,1-3H3. The maximum atomic E-state index is 9.03. The van der Waals surface area contributed by atoms with Crippen molar-refractivity contribution in [1.82, 2.24) is 0 Å². The molecule has 0 spiro atoms. The molecule has 0 aliphatic carbocycles. The molecule has 0 bridgehead atoms. The van der Waals surface area contributed by atoms with E-state index in [-0.39, 0.29) is 0 Å². The summed E-state index contributed by atoms with van der Waals surface area (Å²) in [5.74, 6) is 0. The average molecular weight is 269 g/mol. The zero-order valence-electron chi connectivity index (χ0n) is 12.0. The largest absolute Gasteiger partial charge is 0.364 e. The Morgan fingerprint density at radius 1 is 1.00 bits per heavy atom. The van der Waals surface area contributed by atoms with Crippen molar-refractivity contribution in [2.45, 2.75) is 27.1 Å². The molecule has 0 aliphatic rings. The highest BCUT2D eigenvalue weighted by molar-refractivity contribution is 5.98. The Morgan fingerprint density at radius 3 is 2.00 bits per heavy atom. The zero-order chi connectivity index (χ0) is 14.5. The molecule has 20 heavy (non-hydrogen) atoms. The lowest BCUT2D eigenvalue weighted by Crippen LogP contribution is -2.04. The number of aryl methyl sites for hydroxylation is 1. The molecule has 104 valence electrons. The van der Waals surface area contributed by atoms with Crippen molar-refractivity contribution in [2.75, 3.05) is 0 Å². The van der Waals surface area contributed by atoms with E-state index in [0.29, 0.717) is 0 Å². The molecule has 2 aromatic carbocycles. The summed E-state index contributed by atoms with van der Waals surface area (Å²) < 4.78 is 0. The summed E-state index contributed by atoms with van der Waals surface area (Å²) in [6.45, 7) is 5.45. The first-order chi connectivity index (χ1) is 9.56. The lowest BCUT2D eigenvalue weighted by atomic mass is 10.0. The van der Waals surface area contributed by atoms with Gasteiger partial charge in [-0.2, -0.15) is 0 Å². The van der Waals surface area contributed by atoms with E-state index >= 15 is 0 Å². The molecule has 1 unspecified atom stereocenters. The monoisotopic (exact) mass is 269 g/mol. The van der Waals surface area contributed by atoms with Gasteiger partial charge in [-0.1, -0.05) is 59.3 Å². The summed E-state index contributed by atoms with van der Waals surface area (Å²) in [4.78, 5) is 4.83. The Hall–Kier alpha value is -2.13. The van der Waals surface area contributed by atoms with Crippen LogP contribution >= 0.6 is 0 Å². The number of benzene rings is 2. The second kappa shape index (κ2) is 6.35. The molecule has 0 amide bonds. The van der Waals surface area contributed by atoms with Crippen LogP contribution in [0.1, 0.15) is 25.0 Å². The number of aliphatic hydroxyl groups excluding tert-OH is 1. The van der Waals surface area contributed by atoms with Gasteiger partial charge in [0.05, 0.1) is 5.71 Å². The molecule has 2 aromatic rings. The summed E-state index contributed by atoms with van der Waals surface area (Å²) in [5.41, 5.74) is 5.32. The number of aliphatic hydroxyl groups is 1. The molecule has 1 N–H and O–H groups in total. The van der Waals surface area contributed by atoms with Gasteiger partial charge in [0.1, 0.15) is 0 Å². The molecular weight excluding hydrogens is 250 g/mol. The quantitative estimate of drug-likeness (QED) is 0.522. The van der Waals surface area contributed by atoms with E-state index in [1.807, 2.05) is 19.1 Å². The van der Waals surface area contributed by atoms with E-state index in [1.54, 1.807) is 0 Å². The van der Waals surface area contributed by atoms with Crippen molar-refractivity contribution in [3.8, 4) is 11.1 Å². The normalized spacial score (nSPS) is 13.1. The first-order valence-corrected chi connectivity index (χ1v) is 6.62. The molecule has 0 aliphatic heterocycles. The highest BCUT2D eigenvalue weighted by Crippen LogP contribution is 2.20. The molecule has 1 atom stereocenters. The predicted molar refractivity (Wildman–Crippen MR) is 81.6 cm³/mol. The van der Waals surface area contributed by atoms with Gasteiger partial charge in [-0.15, -0.1) is 0 Å². The van der Waals surface area contributed by atoms with Crippen LogP contribution in [0.3, 0.4) is 0 Å². The highest BCUT2D eigenvalue weighted by Gasteiger charge is 2.01. The van der Waals surface area contributed by atoms with Crippen LogP contribution in [0.2, 0.25) is 0 Å². The fourth-order valence-corrected chi connectivity index (χ4v) is 1.86. The van der Waals surface area contributed by atoms with Crippen LogP contribution in [-0.4, -0.2) is 17.1 Å². The van der Waals surface area contributed by atoms with Crippen LogP contribution in [0, 0.1) is 6.92 Å². The maximum Gasteiger partial charge on any atom is 0.221 e. The molecule has 0 aromatic heterocycles. The van der Waals surface area contributed by atoms with E-state index in [9.17, 15) is 0 Å². The Kier molecular flexibility index (Phi) is 4.53. The van der Waals surface area contributed by atoms with E-state index in [4.69, 9.17) is 9.94 Å². The van der Waals surface area contributed by atoms with Gasteiger partial charge in [-0.05, 0) is 30.5 Å². The fraction of sp³-hybridized carbons (Fsp3) is 0.235. The van der Waals surface area contributed by atoms with Crippen molar-refractivity contribution in [1.29, 1.82) is 0 Å². The molecular formula is C17H19NO2. The minimum Gasteiger partial charge on any atom is -0.364 e. The Bertz CT molecular complexity index is 583. The van der Waals surface area contributed by atoms with Crippen molar-refractivity contribution in [3.63, 3.8) is 0 Å². The van der Waals surface area contributed by atoms with Gasteiger partial charge in [0.2, 0.25) is 6.29 Å². The first-order valence-electron chi connectivity index (χ1n) is 6.62. The van der Waals surface area contributed by atoms with Crippen molar-refractivity contribution in [3.05, 3.63) is 59.7 Å². The Balaban J connectivity index is 2.17. The number of nitrogens with zero attached hydrogens (tertiary/aromatic N) is 1. The Morgan fingerprint density at radius 2 is 1.50 bits per heavy atom. The van der Waals surface area contributed by atoms with Crippen molar-refractivity contribution < 1.29 is 9.94 Å². The summed E-state index contributed by atoms with van der Waals surface area (Å²) >= 11 is 0. The number of hydrogen-bond acceptors (Lipinski definition) is 3. The second-order valence-electron chi connectivity index (χ2n) is 4.82. The smallest absolute Gasteiger partial charge is 0.221 e. The molecule has 3 heteroatoms. The SMILES string of the molecule is CC(=NOC(C)O)c1ccc(-c2ccc(C)cc2)cc1. The van der Waals surface area contributed by atoms with Crippen molar-refractivity contribution >= 4 is 5.71 Å². The van der Waals surface area contributed by atoms with Crippen LogP contribution in [-0.2, 0) is 4.84 Å². The van der Waals surface area contributed by atoms with Gasteiger partial charge in [-0.3, -0.25) is 0 Å². The zero-order valence-corrected chi connectivity index (χ0v) is 12.0. The summed E-state index contributed by atoms with van der Waals surface area (Å²) in [6.07, 6.45) is -0.892. The van der Waals surface area contributed by atoms with Crippen LogP contribution in [0.4, 0.5) is 0 Å². The van der Waals surface area contributed by atoms with E-state index in [2.05, 4.69) is 48.5 Å². The van der Waals surface area contributed by atoms with E-state index in [0.717, 1.165) is 16.8 Å². The van der Waals surface area contributed by atoms with Gasteiger partial charge in [0.25, 0.3) is 0 Å². The fourth-order valence-electron chi connectivity index (χ4n) is 1.86. The van der Waals surface area contributed by atoms with Crippen LogP contribution in [0.5, 0.6) is 0 Å². The maximum absolute atomic E-state index is 9.03. The second-order valence-corrected chi connectivity index (χ2v) is 4.82. The van der Waals surface area contributed by atoms with Crippen LogP contribution in [0.15, 0.2) is 53.7 Å². The number of oxime groups is 1. The van der Waals surface area contributed by atoms with Gasteiger partial charge in [0, 0.05) is 6.92 Å². The first kappa shape index (κ1) is 14.3. The number of rotatable bonds is 4. The van der Waals surface area contributed by atoms with Crippen LogP contribution in [0.25, 0.3) is 11.1 Å². The topological polar surface area (TPSA) is 41.8 Å².